The van der Waals surface area contributed by atoms with Gasteiger partial charge in [0.25, 0.3) is 17.7 Å². The molecule has 0 unspecified atom stereocenters. The maximum absolute atomic E-state index is 13.0. The molecule has 9 nitrogen and oxygen atoms in total. The van der Waals surface area contributed by atoms with Gasteiger partial charge in [0.15, 0.2) is 0 Å². The highest BCUT2D eigenvalue weighted by Crippen LogP contribution is 2.34. The lowest BCUT2D eigenvalue weighted by Gasteiger charge is -2.16. The van der Waals surface area contributed by atoms with Gasteiger partial charge in [0.1, 0.15) is 16.5 Å². The predicted molar refractivity (Wildman–Crippen MR) is 142 cm³/mol. The van der Waals surface area contributed by atoms with Gasteiger partial charge in [-0.1, -0.05) is 52.5 Å². The van der Waals surface area contributed by atoms with E-state index >= 15 is 0 Å². The molecule has 0 radical (unpaired) electrons. The molecule has 2 N–H and O–H groups in total. The number of carbonyl (C=O) groups excluding carboxylic acids is 4. The van der Waals surface area contributed by atoms with Crippen LogP contribution in [0.3, 0.4) is 0 Å². The van der Waals surface area contributed by atoms with Gasteiger partial charge < -0.3 is 25.3 Å². The Kier molecular flexibility index (Phi) is 7.84. The Morgan fingerprint density at radius 1 is 0.921 bits per heavy atom. The lowest BCUT2D eigenvalue weighted by atomic mass is 10.1. The molecule has 1 heterocycles. The average Bonchev–Trinajstić information content (AvgIpc) is 3.07. The van der Waals surface area contributed by atoms with E-state index in [0.717, 1.165) is 11.0 Å². The van der Waals surface area contributed by atoms with Crippen molar-refractivity contribution in [2.75, 3.05) is 22.6 Å². The second-order valence-electron chi connectivity index (χ2n) is 7.74. The predicted octanol–water partition coefficient (Wildman–Crippen LogP) is 4.71. The molecule has 13 heteroatoms. The molecule has 0 atom stereocenters. The average molecular weight is 594 g/mol. The van der Waals surface area contributed by atoms with Gasteiger partial charge in [0.2, 0.25) is 0 Å². The summed E-state index contributed by atoms with van der Waals surface area (Å²) >= 11 is 24.3. The summed E-state index contributed by atoms with van der Waals surface area (Å²) in [5.41, 5.74) is 0.148. The Morgan fingerprint density at radius 2 is 1.61 bits per heavy atom. The molecule has 1 aliphatic heterocycles. The summed E-state index contributed by atoms with van der Waals surface area (Å²) < 4.78 is 5.03. The number of carbonyl (C=O) groups is 4. The van der Waals surface area contributed by atoms with E-state index in [2.05, 4.69) is 10.6 Å². The SMILES string of the molecule is COc1cc(NC(=O)c2cccc(NC3=C(Cl)C(=O)N(c4cc(Cl)cc(Cl)c4)C3=O)c2)c(Cl)cc1C(=O)[O-]. The minimum Gasteiger partial charge on any atom is -0.545 e. The van der Waals surface area contributed by atoms with E-state index in [9.17, 15) is 24.3 Å². The second kappa shape index (κ2) is 10.9. The highest BCUT2D eigenvalue weighted by Gasteiger charge is 2.39. The van der Waals surface area contributed by atoms with E-state index in [0.29, 0.717) is 0 Å². The zero-order valence-corrected chi connectivity index (χ0v) is 22.1. The van der Waals surface area contributed by atoms with Crippen molar-refractivity contribution in [1.82, 2.24) is 0 Å². The fourth-order valence-electron chi connectivity index (χ4n) is 3.57. The van der Waals surface area contributed by atoms with Crippen LogP contribution in [0.1, 0.15) is 20.7 Å². The van der Waals surface area contributed by atoms with Gasteiger partial charge in [-0.2, -0.15) is 0 Å². The summed E-state index contributed by atoms with van der Waals surface area (Å²) in [5.74, 6) is -3.69. The van der Waals surface area contributed by atoms with Crippen molar-refractivity contribution in [2.45, 2.75) is 0 Å². The summed E-state index contributed by atoms with van der Waals surface area (Å²) in [6.07, 6.45) is 0. The van der Waals surface area contributed by atoms with Gasteiger partial charge in [-0.15, -0.1) is 0 Å². The Bertz CT molecular complexity index is 1540. The zero-order valence-electron chi connectivity index (χ0n) is 19.1. The molecule has 0 aromatic heterocycles. The third kappa shape index (κ3) is 5.41. The van der Waals surface area contributed by atoms with E-state index < -0.39 is 23.7 Å². The number of rotatable bonds is 7. The van der Waals surface area contributed by atoms with E-state index in [1.807, 2.05) is 0 Å². The Morgan fingerprint density at radius 3 is 2.24 bits per heavy atom. The maximum atomic E-state index is 13.0. The van der Waals surface area contributed by atoms with Crippen LogP contribution in [-0.2, 0) is 9.59 Å². The van der Waals surface area contributed by atoms with Gasteiger partial charge in [0, 0.05) is 32.9 Å². The van der Waals surface area contributed by atoms with Crippen molar-refractivity contribution in [3.63, 3.8) is 0 Å². The first kappa shape index (κ1) is 27.3. The van der Waals surface area contributed by atoms with Gasteiger partial charge in [0.05, 0.1) is 29.5 Å². The highest BCUT2D eigenvalue weighted by atomic mass is 35.5. The molecule has 0 spiro atoms. The van der Waals surface area contributed by atoms with Crippen LogP contribution in [0.25, 0.3) is 0 Å². The summed E-state index contributed by atoms with van der Waals surface area (Å²) in [6.45, 7) is 0. The summed E-state index contributed by atoms with van der Waals surface area (Å²) in [7, 11) is 1.26. The van der Waals surface area contributed by atoms with Crippen molar-refractivity contribution in [2.24, 2.45) is 0 Å². The quantitative estimate of drug-likeness (QED) is 0.380. The molecule has 3 aromatic carbocycles. The number of methoxy groups -OCH3 is 1. The number of benzene rings is 3. The number of hydrogen-bond acceptors (Lipinski definition) is 7. The zero-order chi connectivity index (χ0) is 27.7. The normalized spacial score (nSPS) is 13.1. The van der Waals surface area contributed by atoms with Crippen molar-refractivity contribution < 1.29 is 29.0 Å². The van der Waals surface area contributed by atoms with Crippen LogP contribution >= 0.6 is 46.4 Å². The maximum Gasteiger partial charge on any atom is 0.283 e. The molecule has 3 amide bonds. The number of aromatic carboxylic acids is 1. The number of amides is 3. The van der Waals surface area contributed by atoms with Gasteiger partial charge in [-0.25, -0.2) is 4.90 Å². The number of halogens is 4. The first-order valence-corrected chi connectivity index (χ1v) is 12.0. The molecule has 4 rings (SSSR count). The lowest BCUT2D eigenvalue weighted by Crippen LogP contribution is -2.32. The smallest absolute Gasteiger partial charge is 0.283 e. The van der Waals surface area contributed by atoms with Crippen LogP contribution in [0.5, 0.6) is 5.75 Å². The van der Waals surface area contributed by atoms with Crippen LogP contribution in [-0.4, -0.2) is 30.8 Å². The van der Waals surface area contributed by atoms with Crippen LogP contribution in [0.15, 0.2) is 65.3 Å². The molecule has 194 valence electrons. The number of carboxylic acid groups (broad SMARTS) is 1. The molecular formula is C25H14Cl4N3O6-. The van der Waals surface area contributed by atoms with E-state index in [1.54, 1.807) is 6.07 Å². The number of ether oxygens (including phenoxy) is 1. The van der Waals surface area contributed by atoms with Crippen molar-refractivity contribution in [3.05, 3.63) is 91.5 Å². The summed E-state index contributed by atoms with van der Waals surface area (Å²) in [5, 5.41) is 16.6. The fourth-order valence-corrected chi connectivity index (χ4v) is 4.51. The third-order valence-electron chi connectivity index (χ3n) is 5.28. The monoisotopic (exact) mass is 592 g/mol. The van der Waals surface area contributed by atoms with E-state index in [4.69, 9.17) is 51.1 Å². The van der Waals surface area contributed by atoms with Crippen LogP contribution in [0.2, 0.25) is 15.1 Å². The molecule has 0 bridgehead atoms. The van der Waals surface area contributed by atoms with Gasteiger partial charge in [-0.3, -0.25) is 14.4 Å². The Hall–Kier alpha value is -3.76. The van der Waals surface area contributed by atoms with Crippen molar-refractivity contribution in [1.29, 1.82) is 0 Å². The van der Waals surface area contributed by atoms with Crippen molar-refractivity contribution in [3.8, 4) is 5.75 Å². The number of nitrogens with one attached hydrogen (secondary N) is 2. The summed E-state index contributed by atoms with van der Waals surface area (Å²) in [6, 6.07) is 12.5. The topological polar surface area (TPSA) is 128 Å². The highest BCUT2D eigenvalue weighted by molar-refractivity contribution is 6.53. The Labute approximate surface area is 235 Å². The first-order chi connectivity index (χ1) is 18.0. The molecule has 0 fully saturated rings. The van der Waals surface area contributed by atoms with Gasteiger partial charge in [-0.05, 0) is 42.5 Å². The number of hydrogen-bond donors (Lipinski definition) is 2. The minimum absolute atomic E-state index is 0.0548. The first-order valence-electron chi connectivity index (χ1n) is 10.5. The number of imide groups is 1. The number of nitrogens with zero attached hydrogens (tertiary/aromatic N) is 1. The molecule has 38 heavy (non-hydrogen) atoms. The largest absolute Gasteiger partial charge is 0.545 e. The fraction of sp³-hybridized carbons (Fsp3) is 0.0400. The number of anilines is 3. The molecular weight excluding hydrogens is 580 g/mol. The van der Waals surface area contributed by atoms with Crippen molar-refractivity contribution >= 4 is 87.2 Å². The lowest BCUT2D eigenvalue weighted by molar-refractivity contribution is -0.255. The molecule has 0 aliphatic carbocycles. The third-order valence-corrected chi connectivity index (χ3v) is 6.38. The minimum atomic E-state index is -1.50. The van der Waals surface area contributed by atoms with Crippen LogP contribution in [0.4, 0.5) is 17.1 Å². The van der Waals surface area contributed by atoms with Crippen LogP contribution in [0, 0.1) is 0 Å². The standard InChI is InChI=1S/C25H15Cl4N3O6/c1-38-19-10-18(17(28)9-16(19)25(36)37)31-22(33)11-3-2-4-14(5-11)30-21-20(29)23(34)32(24(21)35)15-7-12(26)6-13(27)8-15/h2-10,30H,1H3,(H,31,33)(H,36,37)/p-1. The molecule has 0 saturated carbocycles. The van der Waals surface area contributed by atoms with E-state index in [1.165, 1.54) is 49.6 Å². The van der Waals surface area contributed by atoms with Gasteiger partial charge >= 0.3 is 0 Å². The summed E-state index contributed by atoms with van der Waals surface area (Å²) in [4.78, 5) is 50.7. The molecule has 1 aliphatic rings. The molecule has 0 saturated heterocycles. The Balaban J connectivity index is 1.56. The van der Waals surface area contributed by atoms with E-state index in [-0.39, 0.29) is 59.7 Å². The number of carboxylic acids is 1. The molecule has 3 aromatic rings. The second-order valence-corrected chi connectivity index (χ2v) is 9.40. The van der Waals surface area contributed by atoms with Crippen LogP contribution < -0.4 is 25.4 Å².